The van der Waals surface area contributed by atoms with Crippen molar-refractivity contribution < 1.29 is 22.3 Å². The van der Waals surface area contributed by atoms with Gasteiger partial charge in [0.2, 0.25) is 5.91 Å². The van der Waals surface area contributed by atoms with Gasteiger partial charge in [0, 0.05) is 10.7 Å². The monoisotopic (exact) mass is 462 g/mol. The smallest absolute Gasteiger partial charge is 0.264 e. The van der Waals surface area contributed by atoms with Gasteiger partial charge in [-0.25, -0.2) is 12.8 Å². The van der Waals surface area contributed by atoms with Gasteiger partial charge >= 0.3 is 0 Å². The first kappa shape index (κ1) is 22.6. The molecule has 0 atom stereocenters. The molecular formula is C22H20ClFN2O4S. The van der Waals surface area contributed by atoms with Gasteiger partial charge in [-0.15, -0.1) is 0 Å². The third kappa shape index (κ3) is 5.53. The minimum absolute atomic E-state index is 0.0298. The Balaban J connectivity index is 1.99. The Morgan fingerprint density at radius 3 is 2.32 bits per heavy atom. The van der Waals surface area contributed by atoms with Crippen LogP contribution in [0.3, 0.4) is 0 Å². The average Bonchev–Trinajstić information content (AvgIpc) is 2.75. The number of hydrogen-bond donors (Lipinski definition) is 1. The Morgan fingerprint density at radius 2 is 1.68 bits per heavy atom. The summed E-state index contributed by atoms with van der Waals surface area (Å²) in [6.45, 7) is 1.57. The first-order valence-corrected chi connectivity index (χ1v) is 11.2. The van der Waals surface area contributed by atoms with Crippen molar-refractivity contribution in [1.29, 1.82) is 0 Å². The van der Waals surface area contributed by atoms with Crippen LogP contribution in [0, 0.1) is 5.82 Å². The molecule has 0 aliphatic rings. The van der Waals surface area contributed by atoms with E-state index in [1.54, 1.807) is 31.2 Å². The van der Waals surface area contributed by atoms with Crippen LogP contribution in [0.15, 0.2) is 77.7 Å². The quantitative estimate of drug-likeness (QED) is 0.526. The summed E-state index contributed by atoms with van der Waals surface area (Å²) < 4.78 is 46.5. The zero-order valence-electron chi connectivity index (χ0n) is 16.6. The lowest BCUT2D eigenvalue weighted by Crippen LogP contribution is -2.38. The molecule has 1 amide bonds. The van der Waals surface area contributed by atoms with Crippen LogP contribution in [0.25, 0.3) is 0 Å². The minimum Gasteiger partial charge on any atom is -0.492 e. The summed E-state index contributed by atoms with van der Waals surface area (Å²) in [5.74, 6) is -0.733. The average molecular weight is 463 g/mol. The van der Waals surface area contributed by atoms with Crippen molar-refractivity contribution in [3.05, 3.63) is 83.6 Å². The lowest BCUT2D eigenvalue weighted by Gasteiger charge is -2.26. The molecule has 0 aromatic heterocycles. The van der Waals surface area contributed by atoms with Crippen LogP contribution in [-0.4, -0.2) is 27.5 Å². The van der Waals surface area contributed by atoms with E-state index in [4.69, 9.17) is 16.3 Å². The van der Waals surface area contributed by atoms with Crippen LogP contribution in [-0.2, 0) is 14.8 Å². The molecular weight excluding hydrogens is 443 g/mol. The molecule has 6 nitrogen and oxygen atoms in total. The number of para-hydroxylation sites is 2. The summed E-state index contributed by atoms with van der Waals surface area (Å²) >= 11 is 5.89. The second-order valence-corrected chi connectivity index (χ2v) is 8.72. The fourth-order valence-electron chi connectivity index (χ4n) is 2.84. The number of nitrogens with zero attached hydrogens (tertiary/aromatic N) is 1. The minimum atomic E-state index is -4.13. The molecule has 0 fully saturated rings. The molecule has 0 saturated heterocycles. The molecule has 3 aromatic rings. The largest absolute Gasteiger partial charge is 0.492 e. The molecule has 3 rings (SSSR count). The van der Waals surface area contributed by atoms with Crippen molar-refractivity contribution in [2.75, 3.05) is 22.8 Å². The summed E-state index contributed by atoms with van der Waals surface area (Å²) in [4.78, 5) is 12.7. The predicted molar refractivity (Wildman–Crippen MR) is 119 cm³/mol. The maximum absolute atomic E-state index is 13.4. The van der Waals surface area contributed by atoms with Gasteiger partial charge in [0.15, 0.2) is 0 Å². The maximum atomic E-state index is 13.4. The fourth-order valence-corrected chi connectivity index (χ4v) is 4.40. The highest BCUT2D eigenvalue weighted by Gasteiger charge is 2.29. The van der Waals surface area contributed by atoms with Crippen molar-refractivity contribution in [1.82, 2.24) is 0 Å². The van der Waals surface area contributed by atoms with Gasteiger partial charge in [-0.3, -0.25) is 9.10 Å². The Bertz CT molecular complexity index is 1150. The van der Waals surface area contributed by atoms with E-state index in [0.29, 0.717) is 23.1 Å². The highest BCUT2D eigenvalue weighted by Crippen LogP contribution is 2.32. The number of hydrogen-bond acceptors (Lipinski definition) is 4. The lowest BCUT2D eigenvalue weighted by atomic mass is 10.3. The van der Waals surface area contributed by atoms with Crippen molar-refractivity contribution in [3.63, 3.8) is 0 Å². The number of nitrogens with one attached hydrogen (secondary N) is 1. The molecule has 0 aliphatic heterocycles. The Morgan fingerprint density at radius 1 is 1.03 bits per heavy atom. The van der Waals surface area contributed by atoms with E-state index in [9.17, 15) is 17.6 Å². The van der Waals surface area contributed by atoms with E-state index in [0.717, 1.165) is 4.31 Å². The molecule has 0 bridgehead atoms. The molecule has 1 N–H and O–H groups in total. The van der Waals surface area contributed by atoms with Crippen molar-refractivity contribution in [2.24, 2.45) is 0 Å². The number of carbonyl (C=O) groups excluding carboxylic acids is 1. The number of anilines is 2. The topological polar surface area (TPSA) is 75.7 Å². The molecule has 0 spiro atoms. The first-order chi connectivity index (χ1) is 14.8. The molecule has 31 heavy (non-hydrogen) atoms. The van der Waals surface area contributed by atoms with E-state index in [-0.39, 0.29) is 10.6 Å². The van der Waals surface area contributed by atoms with Crippen LogP contribution < -0.4 is 14.4 Å². The van der Waals surface area contributed by atoms with E-state index < -0.39 is 28.3 Å². The van der Waals surface area contributed by atoms with Crippen LogP contribution >= 0.6 is 11.6 Å². The predicted octanol–water partition coefficient (Wildman–Crippen LogP) is 4.71. The van der Waals surface area contributed by atoms with Gasteiger partial charge in [0.1, 0.15) is 18.1 Å². The van der Waals surface area contributed by atoms with Crippen LogP contribution in [0.4, 0.5) is 15.8 Å². The Hall–Kier alpha value is -3.10. The van der Waals surface area contributed by atoms with Crippen LogP contribution in [0.1, 0.15) is 6.92 Å². The summed E-state index contributed by atoms with van der Waals surface area (Å²) in [6, 6.07) is 17.4. The van der Waals surface area contributed by atoms with E-state index in [2.05, 4.69) is 5.32 Å². The normalized spacial score (nSPS) is 11.1. The zero-order chi connectivity index (χ0) is 22.4. The van der Waals surface area contributed by atoms with Crippen molar-refractivity contribution >= 4 is 38.9 Å². The van der Waals surface area contributed by atoms with Gasteiger partial charge in [0.05, 0.1) is 17.2 Å². The molecule has 0 saturated carbocycles. The Kier molecular flexibility index (Phi) is 7.14. The summed E-state index contributed by atoms with van der Waals surface area (Å²) in [7, 11) is -4.13. The van der Waals surface area contributed by atoms with Gasteiger partial charge in [-0.05, 0) is 67.6 Å². The highest BCUT2D eigenvalue weighted by molar-refractivity contribution is 7.92. The van der Waals surface area contributed by atoms with E-state index in [1.807, 2.05) is 0 Å². The van der Waals surface area contributed by atoms with Crippen molar-refractivity contribution in [2.45, 2.75) is 11.8 Å². The zero-order valence-corrected chi connectivity index (χ0v) is 18.2. The molecule has 0 heterocycles. The van der Waals surface area contributed by atoms with Crippen LogP contribution in [0.5, 0.6) is 5.75 Å². The second-order valence-electron chi connectivity index (χ2n) is 6.42. The SMILES string of the molecule is CCOc1ccccc1N(CC(=O)Nc1ccc(F)cc1)S(=O)(=O)c1ccc(Cl)cc1. The highest BCUT2D eigenvalue weighted by atomic mass is 35.5. The number of sulfonamides is 1. The van der Waals surface area contributed by atoms with E-state index >= 15 is 0 Å². The fraction of sp³-hybridized carbons (Fsp3) is 0.136. The number of benzene rings is 3. The summed E-state index contributed by atoms with van der Waals surface area (Å²) in [5.41, 5.74) is 0.557. The number of ether oxygens (including phenoxy) is 1. The standard InChI is InChI=1S/C22H20ClFN2O4S/c1-2-30-21-6-4-3-5-20(21)26(31(28,29)19-13-7-16(23)8-14-19)15-22(27)25-18-11-9-17(24)10-12-18/h3-14H,2,15H2,1H3,(H,25,27). The lowest BCUT2D eigenvalue weighted by molar-refractivity contribution is -0.114. The third-order valence-corrected chi connectivity index (χ3v) is 6.28. The molecule has 162 valence electrons. The Labute approximate surface area is 185 Å². The number of amides is 1. The summed E-state index contributed by atoms with van der Waals surface area (Å²) in [6.07, 6.45) is 0. The first-order valence-electron chi connectivity index (χ1n) is 9.37. The molecule has 3 aromatic carbocycles. The van der Waals surface area contributed by atoms with Gasteiger partial charge < -0.3 is 10.1 Å². The molecule has 0 aliphatic carbocycles. The van der Waals surface area contributed by atoms with Gasteiger partial charge in [-0.1, -0.05) is 23.7 Å². The number of carbonyl (C=O) groups is 1. The molecule has 0 radical (unpaired) electrons. The van der Waals surface area contributed by atoms with E-state index in [1.165, 1.54) is 48.5 Å². The number of rotatable bonds is 8. The summed E-state index contributed by atoms with van der Waals surface area (Å²) in [5, 5.41) is 2.96. The molecule has 9 heteroatoms. The molecule has 0 unspecified atom stereocenters. The second kappa shape index (κ2) is 9.80. The van der Waals surface area contributed by atoms with Gasteiger partial charge in [-0.2, -0.15) is 0 Å². The number of halogens is 2. The van der Waals surface area contributed by atoms with Gasteiger partial charge in [0.25, 0.3) is 10.0 Å². The van der Waals surface area contributed by atoms with Crippen LogP contribution in [0.2, 0.25) is 5.02 Å². The maximum Gasteiger partial charge on any atom is 0.264 e. The van der Waals surface area contributed by atoms with Crippen molar-refractivity contribution in [3.8, 4) is 5.75 Å². The third-order valence-electron chi connectivity index (χ3n) is 4.25.